The summed E-state index contributed by atoms with van der Waals surface area (Å²) in [6, 6.07) is -0.753. The quantitative estimate of drug-likeness (QED) is 0.933. The number of fused-ring (bicyclic) bond motifs is 3. The average molecular weight is 318 g/mol. The molecule has 0 bridgehead atoms. The van der Waals surface area contributed by atoms with Crippen molar-refractivity contribution in [1.29, 1.82) is 0 Å². The molecular formula is C16H20N3O2S-. The number of carbonyl (C=O) groups is 1. The van der Waals surface area contributed by atoms with Crippen molar-refractivity contribution in [2.75, 3.05) is 5.32 Å². The first kappa shape index (κ1) is 15.2. The largest absolute Gasteiger partial charge is 0.548 e. The van der Waals surface area contributed by atoms with Crippen molar-refractivity contribution < 1.29 is 9.90 Å². The summed E-state index contributed by atoms with van der Waals surface area (Å²) >= 11 is 1.72. The smallest absolute Gasteiger partial charge is 0.139 e. The van der Waals surface area contributed by atoms with E-state index in [1.807, 2.05) is 20.8 Å². The zero-order valence-electron chi connectivity index (χ0n) is 13.1. The molecule has 0 spiro atoms. The summed E-state index contributed by atoms with van der Waals surface area (Å²) in [6.07, 6.45) is 4.49. The molecule has 1 N–H and O–H groups in total. The third kappa shape index (κ3) is 2.67. The van der Waals surface area contributed by atoms with Crippen molar-refractivity contribution in [2.24, 2.45) is 5.92 Å². The number of carboxylic acids is 1. The highest BCUT2D eigenvalue weighted by Gasteiger charge is 2.23. The summed E-state index contributed by atoms with van der Waals surface area (Å²) < 4.78 is 0. The van der Waals surface area contributed by atoms with Gasteiger partial charge in [0.1, 0.15) is 16.5 Å². The average Bonchev–Trinajstić information content (AvgIpc) is 2.81. The summed E-state index contributed by atoms with van der Waals surface area (Å²) in [5.41, 5.74) is 1.30. The molecule has 0 saturated carbocycles. The molecule has 1 aliphatic rings. The predicted octanol–water partition coefficient (Wildman–Crippen LogP) is 2.06. The fourth-order valence-corrected chi connectivity index (χ4v) is 4.32. The molecule has 2 aromatic heterocycles. The van der Waals surface area contributed by atoms with Crippen LogP contribution in [0.3, 0.4) is 0 Å². The molecule has 0 fully saturated rings. The minimum atomic E-state index is -1.09. The van der Waals surface area contributed by atoms with Crippen LogP contribution in [-0.2, 0) is 17.6 Å². The number of rotatable bonds is 4. The van der Waals surface area contributed by atoms with Crippen LogP contribution in [0.2, 0.25) is 0 Å². The number of thiophene rings is 1. The number of hydrogen-bond acceptors (Lipinski definition) is 6. The van der Waals surface area contributed by atoms with Crippen LogP contribution in [0.25, 0.3) is 10.2 Å². The van der Waals surface area contributed by atoms with Crippen LogP contribution in [-0.4, -0.2) is 22.0 Å². The maximum Gasteiger partial charge on any atom is 0.139 e. The van der Waals surface area contributed by atoms with E-state index in [2.05, 4.69) is 15.3 Å². The maximum atomic E-state index is 11.4. The van der Waals surface area contributed by atoms with Crippen LogP contribution < -0.4 is 10.4 Å². The normalized spacial score (nSPS) is 15.8. The second-order valence-electron chi connectivity index (χ2n) is 6.20. The van der Waals surface area contributed by atoms with Crippen molar-refractivity contribution in [3.05, 3.63) is 16.3 Å². The minimum Gasteiger partial charge on any atom is -0.548 e. The Labute approximate surface area is 133 Å². The Balaban J connectivity index is 2.11. The van der Waals surface area contributed by atoms with Crippen molar-refractivity contribution in [1.82, 2.24) is 9.97 Å². The maximum absolute atomic E-state index is 11.4. The van der Waals surface area contributed by atoms with Crippen LogP contribution in [0, 0.1) is 12.8 Å². The SMILES string of the molecule is Cc1nc(N[C@@H](C(=O)[O-])C(C)C)c2c3c(sc2n1)CCCC3. The summed E-state index contributed by atoms with van der Waals surface area (Å²) in [7, 11) is 0. The lowest BCUT2D eigenvalue weighted by Crippen LogP contribution is -2.44. The second kappa shape index (κ2) is 5.83. The lowest BCUT2D eigenvalue weighted by molar-refractivity contribution is -0.307. The first-order valence-electron chi connectivity index (χ1n) is 7.73. The van der Waals surface area contributed by atoms with Gasteiger partial charge in [0.25, 0.3) is 0 Å². The zero-order valence-corrected chi connectivity index (χ0v) is 13.9. The van der Waals surface area contributed by atoms with Gasteiger partial charge in [-0.2, -0.15) is 0 Å². The van der Waals surface area contributed by atoms with Gasteiger partial charge in [0.15, 0.2) is 0 Å². The molecule has 0 radical (unpaired) electrons. The van der Waals surface area contributed by atoms with Crippen molar-refractivity contribution in [3.8, 4) is 0 Å². The number of hydrogen-bond donors (Lipinski definition) is 1. The second-order valence-corrected chi connectivity index (χ2v) is 7.28. The molecule has 0 aliphatic heterocycles. The van der Waals surface area contributed by atoms with E-state index in [-0.39, 0.29) is 5.92 Å². The number of nitrogens with zero attached hydrogens (tertiary/aromatic N) is 2. The van der Waals surface area contributed by atoms with Gasteiger partial charge in [-0.05, 0) is 44.1 Å². The zero-order chi connectivity index (χ0) is 15.9. The molecule has 1 aliphatic carbocycles. The molecule has 0 saturated heterocycles. The van der Waals surface area contributed by atoms with E-state index in [0.717, 1.165) is 23.1 Å². The first-order valence-corrected chi connectivity index (χ1v) is 8.55. The Kier molecular flexibility index (Phi) is 4.04. The summed E-state index contributed by atoms with van der Waals surface area (Å²) in [6.45, 7) is 5.57. The molecule has 1 atom stereocenters. The van der Waals surface area contributed by atoms with Crippen LogP contribution in [0.1, 0.15) is 43.0 Å². The fraction of sp³-hybridized carbons (Fsp3) is 0.562. The molecule has 22 heavy (non-hydrogen) atoms. The Hall–Kier alpha value is -1.69. The number of aliphatic carboxylic acids is 1. The molecular weight excluding hydrogens is 298 g/mol. The number of carbonyl (C=O) groups excluding carboxylic acids is 1. The van der Waals surface area contributed by atoms with E-state index in [1.165, 1.54) is 23.3 Å². The number of carboxylic acid groups (broad SMARTS) is 1. The lowest BCUT2D eigenvalue weighted by atomic mass is 9.96. The fourth-order valence-electron chi connectivity index (χ4n) is 3.01. The van der Waals surface area contributed by atoms with E-state index < -0.39 is 12.0 Å². The van der Waals surface area contributed by atoms with Crippen LogP contribution >= 0.6 is 11.3 Å². The van der Waals surface area contributed by atoms with Gasteiger partial charge in [-0.1, -0.05) is 13.8 Å². The van der Waals surface area contributed by atoms with Crippen molar-refractivity contribution >= 4 is 33.3 Å². The number of aromatic nitrogens is 2. The van der Waals surface area contributed by atoms with E-state index in [0.29, 0.717) is 11.6 Å². The number of nitrogens with one attached hydrogen (secondary N) is 1. The molecule has 2 aromatic rings. The highest BCUT2D eigenvalue weighted by molar-refractivity contribution is 7.19. The van der Waals surface area contributed by atoms with E-state index in [9.17, 15) is 9.90 Å². The van der Waals surface area contributed by atoms with Crippen LogP contribution in [0.15, 0.2) is 0 Å². The molecule has 0 unspecified atom stereocenters. The van der Waals surface area contributed by atoms with Gasteiger partial charge >= 0.3 is 0 Å². The standard InChI is InChI=1S/C16H21N3O2S/c1-8(2)13(16(20)21)19-14-12-10-6-4-5-7-11(10)22-15(12)18-9(3)17-14/h8,13H,4-7H2,1-3H3,(H,20,21)(H,17,18,19)/p-1/t13-/m1/s1. The third-order valence-electron chi connectivity index (χ3n) is 4.14. The van der Waals surface area contributed by atoms with Gasteiger partial charge in [-0.3, -0.25) is 0 Å². The van der Waals surface area contributed by atoms with E-state index in [1.54, 1.807) is 11.3 Å². The molecule has 6 heteroatoms. The van der Waals surface area contributed by atoms with Gasteiger partial charge in [-0.25, -0.2) is 9.97 Å². The minimum absolute atomic E-state index is 0.0789. The highest BCUT2D eigenvalue weighted by atomic mass is 32.1. The molecule has 0 amide bonds. The van der Waals surface area contributed by atoms with E-state index >= 15 is 0 Å². The van der Waals surface area contributed by atoms with Gasteiger partial charge in [-0.15, -0.1) is 11.3 Å². The van der Waals surface area contributed by atoms with E-state index in [4.69, 9.17) is 0 Å². The van der Waals surface area contributed by atoms with Gasteiger partial charge in [0.2, 0.25) is 0 Å². The molecule has 5 nitrogen and oxygen atoms in total. The topological polar surface area (TPSA) is 77.9 Å². The van der Waals surface area contributed by atoms with Gasteiger partial charge in [0.05, 0.1) is 17.4 Å². The van der Waals surface area contributed by atoms with Gasteiger partial charge < -0.3 is 15.2 Å². The monoisotopic (exact) mass is 318 g/mol. The number of aryl methyl sites for hydroxylation is 3. The molecule has 118 valence electrons. The van der Waals surface area contributed by atoms with Crippen molar-refractivity contribution in [3.63, 3.8) is 0 Å². The highest BCUT2D eigenvalue weighted by Crippen LogP contribution is 2.38. The first-order chi connectivity index (χ1) is 10.5. The summed E-state index contributed by atoms with van der Waals surface area (Å²) in [5, 5.41) is 15.5. The van der Waals surface area contributed by atoms with Crippen LogP contribution in [0.4, 0.5) is 5.82 Å². The molecule has 0 aromatic carbocycles. The summed E-state index contributed by atoms with van der Waals surface area (Å²) in [4.78, 5) is 22.7. The Bertz CT molecular complexity index is 724. The molecule has 2 heterocycles. The Morgan fingerprint density at radius 2 is 2.00 bits per heavy atom. The third-order valence-corrected chi connectivity index (χ3v) is 5.32. The molecule has 3 rings (SSSR count). The predicted molar refractivity (Wildman–Crippen MR) is 86.0 cm³/mol. The Morgan fingerprint density at radius 3 is 2.68 bits per heavy atom. The van der Waals surface area contributed by atoms with Crippen molar-refractivity contribution in [2.45, 2.75) is 52.5 Å². The van der Waals surface area contributed by atoms with Crippen LogP contribution in [0.5, 0.6) is 0 Å². The summed E-state index contributed by atoms with van der Waals surface area (Å²) in [5.74, 6) is 0.132. The number of anilines is 1. The Morgan fingerprint density at radius 1 is 1.27 bits per heavy atom. The lowest BCUT2D eigenvalue weighted by Gasteiger charge is -2.24. The van der Waals surface area contributed by atoms with Gasteiger partial charge in [0, 0.05) is 4.88 Å².